The number of pyridine rings is 1. The smallest absolute Gasteiger partial charge is 0.259 e. The van der Waals surface area contributed by atoms with Gasteiger partial charge < -0.3 is 4.57 Å². The first-order chi connectivity index (χ1) is 10.4. The molecule has 3 aromatic rings. The molecule has 6 heteroatoms. The largest absolute Gasteiger partial charge is 0.318 e. The molecule has 0 bridgehead atoms. The van der Waals surface area contributed by atoms with Crippen LogP contribution in [0.4, 0.5) is 0 Å². The van der Waals surface area contributed by atoms with Gasteiger partial charge in [0.1, 0.15) is 0 Å². The van der Waals surface area contributed by atoms with Crippen LogP contribution in [-0.2, 0) is 7.05 Å². The molecule has 0 spiro atoms. The van der Waals surface area contributed by atoms with E-state index in [9.17, 15) is 4.79 Å². The van der Waals surface area contributed by atoms with Crippen molar-refractivity contribution in [2.45, 2.75) is 26.7 Å². The Balaban J connectivity index is 2.34. The number of thiophene rings is 1. The SMILES string of the molecule is Cc1cnc(Cl)nc1-c1cc2c(=O)n(C)cc(C(C)C)c2s1. The van der Waals surface area contributed by atoms with E-state index in [1.807, 2.05) is 19.2 Å². The molecule has 0 amide bonds. The quantitative estimate of drug-likeness (QED) is 0.662. The topological polar surface area (TPSA) is 47.8 Å². The number of nitrogens with zero attached hydrogens (tertiary/aromatic N) is 3. The number of hydrogen-bond donors (Lipinski definition) is 0. The maximum atomic E-state index is 12.4. The second-order valence-corrected chi connectivity index (χ2v) is 7.07. The highest BCUT2D eigenvalue weighted by molar-refractivity contribution is 7.22. The molecule has 0 saturated heterocycles. The zero-order valence-electron chi connectivity index (χ0n) is 12.8. The van der Waals surface area contributed by atoms with Crippen molar-refractivity contribution in [1.82, 2.24) is 14.5 Å². The van der Waals surface area contributed by atoms with E-state index in [0.29, 0.717) is 5.92 Å². The minimum absolute atomic E-state index is 0.0136. The van der Waals surface area contributed by atoms with E-state index < -0.39 is 0 Å². The summed E-state index contributed by atoms with van der Waals surface area (Å²) in [5, 5.41) is 0.956. The Bertz CT molecular complexity index is 927. The number of hydrogen-bond acceptors (Lipinski definition) is 4. The maximum Gasteiger partial charge on any atom is 0.259 e. The lowest BCUT2D eigenvalue weighted by Gasteiger charge is -2.08. The van der Waals surface area contributed by atoms with Gasteiger partial charge in [-0.2, -0.15) is 0 Å². The highest BCUT2D eigenvalue weighted by Crippen LogP contribution is 2.36. The first kappa shape index (κ1) is 15.2. The minimum Gasteiger partial charge on any atom is -0.318 e. The molecular formula is C16H16ClN3OS. The monoisotopic (exact) mass is 333 g/mol. The summed E-state index contributed by atoms with van der Waals surface area (Å²) >= 11 is 7.51. The molecular weight excluding hydrogens is 318 g/mol. The van der Waals surface area contributed by atoms with Crippen molar-refractivity contribution in [2.24, 2.45) is 7.05 Å². The van der Waals surface area contributed by atoms with Crippen molar-refractivity contribution >= 4 is 33.0 Å². The van der Waals surface area contributed by atoms with E-state index in [1.54, 1.807) is 29.1 Å². The zero-order valence-corrected chi connectivity index (χ0v) is 14.4. The van der Waals surface area contributed by atoms with Crippen molar-refractivity contribution in [1.29, 1.82) is 0 Å². The standard InChI is InChI=1S/C16H16ClN3OS/c1-8(2)11-7-20(4)15(21)10-5-12(22-14(10)11)13-9(3)6-18-16(17)19-13/h5-8H,1-4H3. The van der Waals surface area contributed by atoms with Gasteiger partial charge in [-0.05, 0) is 41.6 Å². The van der Waals surface area contributed by atoms with E-state index in [0.717, 1.165) is 26.2 Å². The predicted octanol–water partition coefficient (Wildman–Crippen LogP) is 4.14. The number of fused-ring (bicyclic) bond motifs is 1. The van der Waals surface area contributed by atoms with Crippen molar-refractivity contribution in [3.63, 3.8) is 0 Å². The molecule has 0 aliphatic heterocycles. The molecule has 0 unspecified atom stereocenters. The van der Waals surface area contributed by atoms with Crippen LogP contribution in [0.1, 0.15) is 30.9 Å². The molecule has 0 aromatic carbocycles. The molecule has 0 aliphatic carbocycles. The van der Waals surface area contributed by atoms with Crippen LogP contribution < -0.4 is 5.56 Å². The second-order valence-electron chi connectivity index (χ2n) is 5.68. The summed E-state index contributed by atoms with van der Waals surface area (Å²) in [4.78, 5) is 21.7. The molecule has 3 rings (SSSR count). The summed E-state index contributed by atoms with van der Waals surface area (Å²) in [5.74, 6) is 0.343. The lowest BCUT2D eigenvalue weighted by Crippen LogP contribution is -2.16. The van der Waals surface area contributed by atoms with Crippen molar-refractivity contribution in [3.8, 4) is 10.6 Å². The van der Waals surface area contributed by atoms with Crippen molar-refractivity contribution in [3.05, 3.63) is 45.2 Å². The van der Waals surface area contributed by atoms with Gasteiger partial charge in [0, 0.05) is 24.1 Å². The highest BCUT2D eigenvalue weighted by atomic mass is 35.5. The normalized spacial score (nSPS) is 11.5. The summed E-state index contributed by atoms with van der Waals surface area (Å²) in [5.41, 5.74) is 2.92. The first-order valence-electron chi connectivity index (χ1n) is 7.01. The minimum atomic E-state index is 0.0136. The summed E-state index contributed by atoms with van der Waals surface area (Å²) in [7, 11) is 1.79. The number of aromatic nitrogens is 3. The molecule has 0 N–H and O–H groups in total. The summed E-state index contributed by atoms with van der Waals surface area (Å²) in [6, 6.07) is 1.92. The van der Waals surface area contributed by atoms with Gasteiger partial charge in [-0.3, -0.25) is 4.79 Å². The highest BCUT2D eigenvalue weighted by Gasteiger charge is 2.16. The van der Waals surface area contributed by atoms with Gasteiger partial charge in [0.25, 0.3) is 5.56 Å². The Morgan fingerprint density at radius 1 is 1.36 bits per heavy atom. The summed E-state index contributed by atoms with van der Waals surface area (Å²) in [6.07, 6.45) is 3.63. The molecule has 0 atom stereocenters. The van der Waals surface area contributed by atoms with Crippen LogP contribution in [0.3, 0.4) is 0 Å². The van der Waals surface area contributed by atoms with E-state index in [2.05, 4.69) is 23.8 Å². The molecule has 0 aliphatic rings. The summed E-state index contributed by atoms with van der Waals surface area (Å²) in [6.45, 7) is 6.20. The number of rotatable bonds is 2. The average molecular weight is 334 g/mol. The molecule has 0 radical (unpaired) electrons. The van der Waals surface area contributed by atoms with Gasteiger partial charge in [-0.1, -0.05) is 13.8 Å². The molecule has 0 fully saturated rings. The number of aryl methyl sites for hydroxylation is 2. The first-order valence-corrected chi connectivity index (χ1v) is 8.20. The Kier molecular flexibility index (Phi) is 3.78. The third-order valence-corrected chi connectivity index (χ3v) is 5.05. The van der Waals surface area contributed by atoms with Crippen molar-refractivity contribution < 1.29 is 0 Å². The fraction of sp³-hybridized carbons (Fsp3) is 0.312. The Labute approximate surface area is 137 Å². The van der Waals surface area contributed by atoms with Gasteiger partial charge in [0.2, 0.25) is 5.28 Å². The third kappa shape index (κ3) is 2.44. The van der Waals surface area contributed by atoms with Crippen LogP contribution >= 0.6 is 22.9 Å². The fourth-order valence-electron chi connectivity index (χ4n) is 2.48. The summed E-state index contributed by atoms with van der Waals surface area (Å²) < 4.78 is 2.68. The molecule has 0 saturated carbocycles. The van der Waals surface area contributed by atoms with Crippen molar-refractivity contribution in [2.75, 3.05) is 0 Å². The van der Waals surface area contributed by atoms with Gasteiger partial charge in [-0.25, -0.2) is 9.97 Å². The van der Waals surface area contributed by atoms with Gasteiger partial charge in [0.05, 0.1) is 16.0 Å². The van der Waals surface area contributed by atoms with Crippen LogP contribution in [0, 0.1) is 6.92 Å². The van der Waals surface area contributed by atoms with Gasteiger partial charge in [0.15, 0.2) is 0 Å². The second kappa shape index (κ2) is 5.48. The maximum absolute atomic E-state index is 12.4. The van der Waals surface area contributed by atoms with E-state index in [1.165, 1.54) is 5.56 Å². The Morgan fingerprint density at radius 2 is 2.09 bits per heavy atom. The van der Waals surface area contributed by atoms with Gasteiger partial charge >= 0.3 is 0 Å². The lowest BCUT2D eigenvalue weighted by atomic mass is 10.0. The van der Waals surface area contributed by atoms with Crippen LogP contribution in [0.15, 0.2) is 23.3 Å². The predicted molar refractivity (Wildman–Crippen MR) is 91.9 cm³/mol. The van der Waals surface area contributed by atoms with Gasteiger partial charge in [-0.15, -0.1) is 11.3 Å². The molecule has 4 nitrogen and oxygen atoms in total. The Morgan fingerprint density at radius 3 is 2.77 bits per heavy atom. The fourth-order valence-corrected chi connectivity index (χ4v) is 3.97. The molecule has 22 heavy (non-hydrogen) atoms. The van der Waals surface area contributed by atoms with Crippen LogP contribution in [0.2, 0.25) is 5.28 Å². The van der Waals surface area contributed by atoms with E-state index in [-0.39, 0.29) is 10.8 Å². The van der Waals surface area contributed by atoms with E-state index >= 15 is 0 Å². The Hall–Kier alpha value is -1.72. The lowest BCUT2D eigenvalue weighted by molar-refractivity contribution is 0.811. The third-order valence-electron chi connectivity index (χ3n) is 3.68. The molecule has 114 valence electrons. The molecule has 3 heterocycles. The average Bonchev–Trinajstić information content (AvgIpc) is 2.90. The van der Waals surface area contributed by atoms with Crippen LogP contribution in [0.25, 0.3) is 20.7 Å². The number of halogens is 1. The van der Waals surface area contributed by atoms with Crippen LogP contribution in [-0.4, -0.2) is 14.5 Å². The van der Waals surface area contributed by atoms with E-state index in [4.69, 9.17) is 11.6 Å². The molecule has 3 aromatic heterocycles. The van der Waals surface area contributed by atoms with Crippen LogP contribution in [0.5, 0.6) is 0 Å². The zero-order chi connectivity index (χ0) is 16.0.